The maximum atomic E-state index is 12.7. The van der Waals surface area contributed by atoms with E-state index in [4.69, 9.17) is 4.74 Å². The molecule has 0 amide bonds. The molecule has 0 aromatic heterocycles. The molecular weight excluding hydrogens is 245 g/mol. The summed E-state index contributed by atoms with van der Waals surface area (Å²) < 4.78 is 43.0. The highest BCUT2D eigenvalue weighted by Crippen LogP contribution is 2.38. The molecule has 1 aromatic rings. The number of hydrogen-bond donors (Lipinski definition) is 0. The van der Waals surface area contributed by atoms with E-state index in [0.717, 1.165) is 13.0 Å². The number of halogens is 3. The van der Waals surface area contributed by atoms with Gasteiger partial charge in [0, 0.05) is 6.08 Å². The average Bonchev–Trinajstić information content (AvgIpc) is 2.34. The number of carbonyl (C=O) groups is 1. The molecular formula is C13H13F3O2. The lowest BCUT2D eigenvalue weighted by Crippen LogP contribution is -2.29. The Morgan fingerprint density at radius 2 is 1.89 bits per heavy atom. The smallest absolute Gasteiger partial charge is 0.395 e. The number of alkyl halides is 3. The minimum atomic E-state index is -4.44. The fraction of sp³-hybridized carbons (Fsp3) is 0.308. The van der Waals surface area contributed by atoms with Gasteiger partial charge in [0.25, 0.3) is 0 Å². The maximum absolute atomic E-state index is 12.7. The van der Waals surface area contributed by atoms with E-state index in [2.05, 4.69) is 6.58 Å². The number of rotatable bonds is 4. The van der Waals surface area contributed by atoms with Crippen LogP contribution in [-0.2, 0) is 9.53 Å². The van der Waals surface area contributed by atoms with Crippen molar-refractivity contribution < 1.29 is 22.7 Å². The van der Waals surface area contributed by atoms with Gasteiger partial charge in [-0.05, 0) is 12.5 Å². The molecule has 0 spiro atoms. The van der Waals surface area contributed by atoms with Gasteiger partial charge >= 0.3 is 12.1 Å². The lowest BCUT2D eigenvalue weighted by molar-refractivity contribution is -0.203. The Kier molecular flexibility index (Phi) is 4.53. The van der Waals surface area contributed by atoms with Crippen LogP contribution in [0.15, 0.2) is 43.0 Å². The van der Waals surface area contributed by atoms with E-state index in [9.17, 15) is 18.0 Å². The highest BCUT2D eigenvalue weighted by molar-refractivity contribution is 5.81. The van der Waals surface area contributed by atoms with Gasteiger partial charge in [0.1, 0.15) is 6.10 Å². The first-order chi connectivity index (χ1) is 8.36. The molecule has 2 nitrogen and oxygen atoms in total. The van der Waals surface area contributed by atoms with Crippen LogP contribution >= 0.6 is 0 Å². The summed E-state index contributed by atoms with van der Waals surface area (Å²) in [5.74, 6) is -2.66. The lowest BCUT2D eigenvalue weighted by Gasteiger charge is -2.25. The number of hydrogen-bond acceptors (Lipinski definition) is 2. The highest BCUT2D eigenvalue weighted by atomic mass is 19.4. The van der Waals surface area contributed by atoms with Crippen LogP contribution in [0.2, 0.25) is 0 Å². The zero-order valence-electron chi connectivity index (χ0n) is 9.78. The van der Waals surface area contributed by atoms with E-state index in [-0.39, 0.29) is 0 Å². The van der Waals surface area contributed by atoms with Crippen molar-refractivity contribution in [1.29, 1.82) is 0 Å². The van der Waals surface area contributed by atoms with Gasteiger partial charge in [-0.2, -0.15) is 13.2 Å². The van der Waals surface area contributed by atoms with Gasteiger partial charge in [-0.25, -0.2) is 4.79 Å². The molecule has 0 aliphatic heterocycles. The summed E-state index contributed by atoms with van der Waals surface area (Å²) in [7, 11) is 0. The third kappa shape index (κ3) is 3.61. The van der Waals surface area contributed by atoms with Crippen LogP contribution in [0.5, 0.6) is 0 Å². The Bertz CT molecular complexity index is 412. The second kappa shape index (κ2) is 5.71. The molecule has 0 fully saturated rings. The monoisotopic (exact) mass is 258 g/mol. The Hall–Kier alpha value is -1.78. The summed E-state index contributed by atoms with van der Waals surface area (Å²) in [5, 5.41) is 0. The largest absolute Gasteiger partial charge is 0.454 e. The van der Waals surface area contributed by atoms with Crippen LogP contribution in [0.1, 0.15) is 18.6 Å². The van der Waals surface area contributed by atoms with Gasteiger partial charge in [-0.1, -0.05) is 36.9 Å². The van der Waals surface area contributed by atoms with Gasteiger partial charge in [0.05, 0.1) is 5.92 Å². The van der Waals surface area contributed by atoms with Gasteiger partial charge < -0.3 is 4.74 Å². The minimum Gasteiger partial charge on any atom is -0.454 e. The Balaban J connectivity index is 3.03. The molecule has 0 N–H and O–H groups in total. The van der Waals surface area contributed by atoms with Gasteiger partial charge in [-0.3, -0.25) is 0 Å². The molecule has 1 aromatic carbocycles. The predicted molar refractivity (Wildman–Crippen MR) is 60.7 cm³/mol. The van der Waals surface area contributed by atoms with Crippen molar-refractivity contribution in [2.45, 2.75) is 19.2 Å². The molecule has 0 radical (unpaired) electrons. The standard InChI is InChI=1S/C13H13F3O2/c1-3-11(17)18-12(9(2)13(14,15)16)10-7-5-4-6-8-10/h3-9,12H,1H2,2H3. The summed E-state index contributed by atoms with van der Waals surface area (Å²) >= 11 is 0. The maximum Gasteiger partial charge on any atom is 0.395 e. The molecule has 2 unspecified atom stereocenters. The van der Waals surface area contributed by atoms with Crippen molar-refractivity contribution in [3.8, 4) is 0 Å². The average molecular weight is 258 g/mol. The van der Waals surface area contributed by atoms with Gasteiger partial charge in [0.2, 0.25) is 0 Å². The first-order valence-electron chi connectivity index (χ1n) is 5.31. The highest BCUT2D eigenvalue weighted by Gasteiger charge is 2.43. The molecule has 0 aliphatic rings. The molecule has 0 saturated carbocycles. The van der Waals surface area contributed by atoms with Crippen molar-refractivity contribution in [2.75, 3.05) is 0 Å². The molecule has 1 rings (SSSR count). The van der Waals surface area contributed by atoms with Crippen molar-refractivity contribution in [3.05, 3.63) is 48.6 Å². The van der Waals surface area contributed by atoms with Crippen LogP contribution in [0, 0.1) is 5.92 Å². The van der Waals surface area contributed by atoms with Crippen LogP contribution in [-0.4, -0.2) is 12.1 Å². The van der Waals surface area contributed by atoms with E-state index in [0.29, 0.717) is 5.56 Å². The molecule has 2 atom stereocenters. The third-order valence-corrected chi connectivity index (χ3v) is 2.51. The summed E-state index contributed by atoms with van der Waals surface area (Å²) in [6, 6.07) is 7.83. The van der Waals surface area contributed by atoms with E-state index < -0.39 is 24.2 Å². The summed E-state index contributed by atoms with van der Waals surface area (Å²) in [6.07, 6.45) is -4.96. The van der Waals surface area contributed by atoms with Crippen molar-refractivity contribution in [2.24, 2.45) is 5.92 Å². The molecule has 5 heteroatoms. The molecule has 0 saturated heterocycles. The molecule has 18 heavy (non-hydrogen) atoms. The minimum absolute atomic E-state index is 0.303. The predicted octanol–water partition coefficient (Wildman–Crippen LogP) is 3.66. The fourth-order valence-electron chi connectivity index (χ4n) is 1.45. The number of benzene rings is 1. The van der Waals surface area contributed by atoms with Gasteiger partial charge in [-0.15, -0.1) is 0 Å². The van der Waals surface area contributed by atoms with Crippen LogP contribution in [0.25, 0.3) is 0 Å². The molecule has 98 valence electrons. The zero-order chi connectivity index (χ0) is 13.8. The zero-order valence-corrected chi connectivity index (χ0v) is 9.78. The van der Waals surface area contributed by atoms with Crippen molar-refractivity contribution >= 4 is 5.97 Å². The quantitative estimate of drug-likeness (QED) is 0.608. The first-order valence-corrected chi connectivity index (χ1v) is 5.31. The lowest BCUT2D eigenvalue weighted by atomic mass is 9.96. The topological polar surface area (TPSA) is 26.3 Å². The number of esters is 1. The van der Waals surface area contributed by atoms with Crippen molar-refractivity contribution in [1.82, 2.24) is 0 Å². The van der Waals surface area contributed by atoms with Crippen LogP contribution in [0.3, 0.4) is 0 Å². The Morgan fingerprint density at radius 3 is 2.33 bits per heavy atom. The Morgan fingerprint density at radius 1 is 1.33 bits per heavy atom. The normalized spacial score (nSPS) is 14.7. The van der Waals surface area contributed by atoms with Crippen LogP contribution < -0.4 is 0 Å². The molecule has 0 heterocycles. The van der Waals surface area contributed by atoms with E-state index in [1.54, 1.807) is 18.2 Å². The number of carbonyl (C=O) groups excluding carboxylic acids is 1. The second-order valence-electron chi connectivity index (χ2n) is 3.80. The van der Waals surface area contributed by atoms with E-state index in [1.807, 2.05) is 0 Å². The SMILES string of the molecule is C=CC(=O)OC(c1ccccc1)C(C)C(F)(F)F. The third-order valence-electron chi connectivity index (χ3n) is 2.51. The van der Waals surface area contributed by atoms with E-state index in [1.165, 1.54) is 12.1 Å². The number of ether oxygens (including phenoxy) is 1. The summed E-state index contributed by atoms with van der Waals surface area (Å²) in [4.78, 5) is 11.1. The summed E-state index contributed by atoms with van der Waals surface area (Å²) in [5.41, 5.74) is 0.303. The van der Waals surface area contributed by atoms with E-state index >= 15 is 0 Å². The van der Waals surface area contributed by atoms with Crippen LogP contribution in [0.4, 0.5) is 13.2 Å². The second-order valence-corrected chi connectivity index (χ2v) is 3.80. The first kappa shape index (κ1) is 14.3. The van der Waals surface area contributed by atoms with Crippen molar-refractivity contribution in [3.63, 3.8) is 0 Å². The summed E-state index contributed by atoms with van der Waals surface area (Å²) in [6.45, 7) is 4.15. The molecule has 0 aliphatic carbocycles. The van der Waals surface area contributed by atoms with Gasteiger partial charge in [0.15, 0.2) is 0 Å². The fourth-order valence-corrected chi connectivity index (χ4v) is 1.45. The Labute approximate surface area is 103 Å². The molecule has 0 bridgehead atoms.